The molecule has 0 aliphatic carbocycles. The van der Waals surface area contributed by atoms with Crippen LogP contribution in [0.3, 0.4) is 0 Å². The van der Waals surface area contributed by atoms with Crippen molar-refractivity contribution >= 4 is 17.8 Å². The average Bonchev–Trinajstić information content (AvgIpc) is 3.03. The summed E-state index contributed by atoms with van der Waals surface area (Å²) in [4.78, 5) is 39.9. The molecule has 0 saturated carbocycles. The van der Waals surface area contributed by atoms with E-state index in [2.05, 4.69) is 23.8 Å². The topological polar surface area (TPSA) is 123 Å². The lowest BCUT2D eigenvalue weighted by molar-refractivity contribution is -0.158. The maximum absolute atomic E-state index is 13.8. The number of amides is 2. The zero-order valence-electron chi connectivity index (χ0n) is 25.8. The minimum atomic E-state index is -0.827. The summed E-state index contributed by atoms with van der Waals surface area (Å²) in [5.74, 6) is -2.12. The molecule has 0 radical (unpaired) electrons. The van der Waals surface area contributed by atoms with E-state index in [1.807, 2.05) is 66.7 Å². The van der Waals surface area contributed by atoms with Crippen LogP contribution < -0.4 is 10.6 Å². The van der Waals surface area contributed by atoms with Gasteiger partial charge in [-0.25, -0.2) is 0 Å². The highest BCUT2D eigenvalue weighted by molar-refractivity contribution is 5.86. The van der Waals surface area contributed by atoms with Crippen molar-refractivity contribution in [3.63, 3.8) is 0 Å². The number of rotatable bonds is 23. The second-order valence-electron chi connectivity index (χ2n) is 10.6. The third-order valence-electron chi connectivity index (χ3n) is 7.09. The first-order valence-corrected chi connectivity index (χ1v) is 15.2. The van der Waals surface area contributed by atoms with E-state index >= 15 is 0 Å². The molecule has 2 aromatic carbocycles. The predicted octanol–water partition coefficient (Wildman–Crippen LogP) is 4.32. The zero-order valence-corrected chi connectivity index (χ0v) is 25.8. The van der Waals surface area contributed by atoms with Gasteiger partial charge in [0.15, 0.2) is 0 Å². The molecule has 2 amide bonds. The molecule has 0 aliphatic rings. The Bertz CT molecular complexity index is 1130. The minimum Gasteiger partial charge on any atom is -0.455 e. The molecule has 240 valence electrons. The molecule has 3 N–H and O–H groups in total. The number of hydrogen-bond acceptors (Lipinski definition) is 7. The molecule has 9 nitrogen and oxygen atoms in total. The molecular formula is C35H48N2O7. The Kier molecular flexibility index (Phi) is 18.1. The number of aliphatic hydroxyl groups is 1. The molecule has 0 aliphatic heterocycles. The molecule has 9 heteroatoms. The van der Waals surface area contributed by atoms with Gasteiger partial charge in [-0.05, 0) is 43.2 Å². The third-order valence-corrected chi connectivity index (χ3v) is 7.09. The quantitative estimate of drug-likeness (QED) is 0.0975. The van der Waals surface area contributed by atoms with Gasteiger partial charge >= 0.3 is 5.97 Å². The Morgan fingerprint density at radius 2 is 1.66 bits per heavy atom. The van der Waals surface area contributed by atoms with Crippen LogP contribution in [0.5, 0.6) is 0 Å². The summed E-state index contributed by atoms with van der Waals surface area (Å²) in [5, 5.41) is 14.5. The average molecular weight is 609 g/mol. The SMILES string of the molecule is C=CCCC[C@H](Cc1ccccc1)C(=O)O[C@@H](c1ccccc1)[C@H](COC)NC(=O)[C@@H](CC=C)CC(=O)NCCOCCO. The summed E-state index contributed by atoms with van der Waals surface area (Å²) in [7, 11) is 1.52. The van der Waals surface area contributed by atoms with E-state index in [9.17, 15) is 14.4 Å². The van der Waals surface area contributed by atoms with E-state index in [1.54, 1.807) is 6.08 Å². The van der Waals surface area contributed by atoms with Gasteiger partial charge in [0.1, 0.15) is 6.10 Å². The molecule has 0 saturated heterocycles. The molecular weight excluding hydrogens is 560 g/mol. The van der Waals surface area contributed by atoms with E-state index in [0.717, 1.165) is 18.4 Å². The fourth-order valence-electron chi connectivity index (χ4n) is 4.85. The van der Waals surface area contributed by atoms with Crippen LogP contribution in [0, 0.1) is 11.8 Å². The second-order valence-corrected chi connectivity index (χ2v) is 10.6. The van der Waals surface area contributed by atoms with E-state index in [0.29, 0.717) is 18.4 Å². The lowest BCUT2D eigenvalue weighted by Crippen LogP contribution is -2.47. The van der Waals surface area contributed by atoms with E-state index in [-0.39, 0.29) is 69.5 Å². The third kappa shape index (κ3) is 13.7. The van der Waals surface area contributed by atoms with E-state index < -0.39 is 18.1 Å². The number of nitrogens with one attached hydrogen (secondary N) is 2. The highest BCUT2D eigenvalue weighted by Crippen LogP contribution is 2.27. The molecule has 0 unspecified atom stereocenters. The molecule has 0 bridgehead atoms. The highest BCUT2D eigenvalue weighted by Gasteiger charge is 2.33. The van der Waals surface area contributed by atoms with E-state index in [1.165, 1.54) is 7.11 Å². The van der Waals surface area contributed by atoms with Crippen LogP contribution in [0.1, 0.15) is 49.3 Å². The van der Waals surface area contributed by atoms with Crippen molar-refractivity contribution in [2.24, 2.45) is 11.8 Å². The highest BCUT2D eigenvalue weighted by atomic mass is 16.5. The molecule has 0 spiro atoms. The van der Waals surface area contributed by atoms with Crippen LogP contribution in [0.25, 0.3) is 0 Å². The van der Waals surface area contributed by atoms with Crippen LogP contribution in [0.15, 0.2) is 86.0 Å². The fourth-order valence-corrected chi connectivity index (χ4v) is 4.85. The van der Waals surface area contributed by atoms with Crippen molar-refractivity contribution in [3.05, 3.63) is 97.1 Å². The molecule has 2 aromatic rings. The van der Waals surface area contributed by atoms with Gasteiger partial charge in [0.25, 0.3) is 0 Å². The predicted molar refractivity (Wildman–Crippen MR) is 171 cm³/mol. The zero-order chi connectivity index (χ0) is 32.0. The first kappa shape index (κ1) is 36.4. The molecule has 0 fully saturated rings. The number of methoxy groups -OCH3 is 1. The van der Waals surface area contributed by atoms with Crippen LogP contribution in [-0.4, -0.2) is 69.0 Å². The molecule has 2 rings (SSSR count). The smallest absolute Gasteiger partial charge is 0.309 e. The van der Waals surface area contributed by atoms with Gasteiger partial charge < -0.3 is 30.0 Å². The van der Waals surface area contributed by atoms with Crippen LogP contribution in [-0.2, 0) is 35.0 Å². The lowest BCUT2D eigenvalue weighted by Gasteiger charge is -2.30. The second kappa shape index (κ2) is 21.8. The van der Waals surface area contributed by atoms with Gasteiger partial charge in [0.05, 0.1) is 44.3 Å². The molecule has 0 heterocycles. The number of esters is 1. The Morgan fingerprint density at radius 3 is 2.30 bits per heavy atom. The summed E-state index contributed by atoms with van der Waals surface area (Å²) in [6.45, 7) is 8.24. The van der Waals surface area contributed by atoms with Crippen molar-refractivity contribution in [1.29, 1.82) is 0 Å². The molecule has 44 heavy (non-hydrogen) atoms. The number of ether oxygens (including phenoxy) is 3. The Hall–Kier alpha value is -3.79. The molecule has 0 aromatic heterocycles. The Balaban J connectivity index is 2.24. The fraction of sp³-hybridized carbons (Fsp3) is 0.457. The normalized spacial score (nSPS) is 13.6. The first-order chi connectivity index (χ1) is 21.4. The van der Waals surface area contributed by atoms with Crippen molar-refractivity contribution in [2.75, 3.05) is 40.1 Å². The summed E-state index contributed by atoms with van der Waals surface area (Å²) in [6.07, 6.45) is 5.57. The van der Waals surface area contributed by atoms with E-state index in [4.69, 9.17) is 19.3 Å². The lowest BCUT2D eigenvalue weighted by atomic mass is 9.93. The molecule has 4 atom stereocenters. The van der Waals surface area contributed by atoms with Crippen LogP contribution >= 0.6 is 0 Å². The number of hydrogen-bond donors (Lipinski definition) is 3. The van der Waals surface area contributed by atoms with Gasteiger partial charge in [-0.1, -0.05) is 72.8 Å². The van der Waals surface area contributed by atoms with Crippen molar-refractivity contribution in [2.45, 2.75) is 50.7 Å². The number of carbonyl (C=O) groups excluding carboxylic acids is 3. The van der Waals surface area contributed by atoms with Crippen LogP contribution in [0.4, 0.5) is 0 Å². The standard InChI is InChI=1S/C35H48N2O7/c1-4-6-9-19-30(24-27-15-10-7-11-16-27)35(41)44-33(28-17-12-8-13-18-28)31(26-42-3)37-34(40)29(14-5-2)25-32(39)36-20-22-43-23-21-38/h4-5,7-8,10-13,15-18,29-31,33,38H,1-2,6,9,14,19-26H2,3H3,(H,36,39)(H,37,40)/t29-,30+,31-,33-/m0/s1. The van der Waals surface area contributed by atoms with Gasteiger partial charge in [-0.15, -0.1) is 13.2 Å². The minimum absolute atomic E-state index is 0.0597. The van der Waals surface area contributed by atoms with Crippen molar-refractivity contribution in [1.82, 2.24) is 10.6 Å². The number of allylic oxidation sites excluding steroid dienone is 2. The number of benzene rings is 2. The van der Waals surface area contributed by atoms with Gasteiger partial charge in [-0.3, -0.25) is 14.4 Å². The van der Waals surface area contributed by atoms with Crippen LogP contribution in [0.2, 0.25) is 0 Å². The number of unbranched alkanes of at least 4 members (excludes halogenated alkanes) is 1. The first-order valence-electron chi connectivity index (χ1n) is 15.2. The summed E-state index contributed by atoms with van der Waals surface area (Å²) in [5.41, 5.74) is 1.75. The largest absolute Gasteiger partial charge is 0.455 e. The van der Waals surface area contributed by atoms with Gasteiger partial charge in [0, 0.05) is 20.1 Å². The van der Waals surface area contributed by atoms with Crippen molar-refractivity contribution < 1.29 is 33.7 Å². The van der Waals surface area contributed by atoms with Gasteiger partial charge in [0.2, 0.25) is 11.8 Å². The Labute approximate surface area is 261 Å². The van der Waals surface area contributed by atoms with Crippen molar-refractivity contribution in [3.8, 4) is 0 Å². The monoisotopic (exact) mass is 608 g/mol. The maximum Gasteiger partial charge on any atom is 0.309 e. The number of aliphatic hydroxyl groups excluding tert-OH is 1. The van der Waals surface area contributed by atoms with Gasteiger partial charge in [-0.2, -0.15) is 0 Å². The maximum atomic E-state index is 13.8. The Morgan fingerprint density at radius 1 is 0.955 bits per heavy atom. The summed E-state index contributed by atoms with van der Waals surface area (Å²) >= 11 is 0. The summed E-state index contributed by atoms with van der Waals surface area (Å²) in [6, 6.07) is 18.4. The number of carbonyl (C=O) groups is 3. The summed E-state index contributed by atoms with van der Waals surface area (Å²) < 4.78 is 16.9.